The number of aryl methyl sites for hydroxylation is 2. The van der Waals surface area contributed by atoms with E-state index in [0.29, 0.717) is 47.6 Å². The van der Waals surface area contributed by atoms with Crippen LogP contribution in [-0.4, -0.2) is 62.7 Å². The Morgan fingerprint density at radius 3 is 2.62 bits per heavy atom. The van der Waals surface area contributed by atoms with Crippen LogP contribution in [0.3, 0.4) is 0 Å². The van der Waals surface area contributed by atoms with Crippen LogP contribution >= 0.6 is 0 Å². The van der Waals surface area contributed by atoms with Crippen molar-refractivity contribution in [2.75, 3.05) is 32.6 Å². The van der Waals surface area contributed by atoms with E-state index >= 15 is 0 Å². The maximum atomic E-state index is 12.7. The Hall–Kier alpha value is -4.41. The van der Waals surface area contributed by atoms with Crippen LogP contribution in [0.4, 0.5) is 5.82 Å². The Morgan fingerprint density at radius 2 is 1.88 bits per heavy atom. The molecule has 176 valence electrons. The third kappa shape index (κ3) is 4.98. The van der Waals surface area contributed by atoms with Gasteiger partial charge in [-0.1, -0.05) is 0 Å². The summed E-state index contributed by atoms with van der Waals surface area (Å²) in [7, 11) is 4.91. The number of anilines is 1. The Balaban J connectivity index is 1.37. The van der Waals surface area contributed by atoms with Crippen molar-refractivity contribution in [3.63, 3.8) is 0 Å². The van der Waals surface area contributed by atoms with Gasteiger partial charge in [0.2, 0.25) is 0 Å². The minimum atomic E-state index is -0.236. The summed E-state index contributed by atoms with van der Waals surface area (Å²) in [5.74, 6) is 2.38. The number of hydrogen-bond acceptors (Lipinski definition) is 8. The molecular weight excluding hydrogens is 436 g/mol. The molecule has 0 saturated heterocycles. The number of nitrogens with one attached hydrogen (secondary N) is 2. The van der Waals surface area contributed by atoms with Crippen molar-refractivity contribution >= 4 is 11.7 Å². The zero-order valence-electron chi connectivity index (χ0n) is 19.4. The summed E-state index contributed by atoms with van der Waals surface area (Å²) in [6.07, 6.45) is 3.31. The molecule has 1 amide bonds. The quantitative estimate of drug-likeness (QED) is 0.363. The summed E-state index contributed by atoms with van der Waals surface area (Å²) in [4.78, 5) is 21.2. The number of ether oxygens (including phenoxy) is 2. The fourth-order valence-corrected chi connectivity index (χ4v) is 3.39. The van der Waals surface area contributed by atoms with E-state index in [4.69, 9.17) is 9.47 Å². The van der Waals surface area contributed by atoms with Crippen LogP contribution in [0, 0.1) is 6.92 Å². The molecule has 4 rings (SSSR count). The Morgan fingerprint density at radius 1 is 1.03 bits per heavy atom. The molecule has 0 atom stereocenters. The van der Waals surface area contributed by atoms with Crippen molar-refractivity contribution in [2.45, 2.75) is 6.92 Å². The lowest BCUT2D eigenvalue weighted by molar-refractivity contribution is 0.0946. The number of aromatic nitrogens is 6. The SMILES string of the molecule is COc1ccc(OC)c(-c2cc(C(=O)NCCNc3cc(-n4ccc(C)n4)ncn3)n(C)n2)c1. The van der Waals surface area contributed by atoms with Gasteiger partial charge in [-0.3, -0.25) is 9.48 Å². The van der Waals surface area contributed by atoms with Crippen molar-refractivity contribution in [1.29, 1.82) is 0 Å². The first-order valence-electron chi connectivity index (χ1n) is 10.6. The van der Waals surface area contributed by atoms with E-state index in [1.165, 1.54) is 6.33 Å². The van der Waals surface area contributed by atoms with Crippen LogP contribution in [-0.2, 0) is 7.05 Å². The topological polar surface area (TPSA) is 121 Å². The summed E-state index contributed by atoms with van der Waals surface area (Å²) in [5, 5.41) is 14.9. The predicted molar refractivity (Wildman–Crippen MR) is 126 cm³/mol. The average molecular weight is 463 g/mol. The van der Waals surface area contributed by atoms with Crippen LogP contribution in [0.5, 0.6) is 11.5 Å². The van der Waals surface area contributed by atoms with Crippen molar-refractivity contribution in [3.05, 3.63) is 60.3 Å². The van der Waals surface area contributed by atoms with Crippen LogP contribution in [0.15, 0.2) is 48.9 Å². The van der Waals surface area contributed by atoms with E-state index in [1.54, 1.807) is 48.8 Å². The van der Waals surface area contributed by atoms with Gasteiger partial charge in [-0.15, -0.1) is 0 Å². The molecule has 0 radical (unpaired) electrons. The fraction of sp³-hybridized carbons (Fsp3) is 0.261. The molecular formula is C23H26N8O3. The minimum Gasteiger partial charge on any atom is -0.497 e. The van der Waals surface area contributed by atoms with Gasteiger partial charge in [0.05, 0.1) is 25.6 Å². The molecule has 0 fully saturated rings. The highest BCUT2D eigenvalue weighted by Gasteiger charge is 2.17. The van der Waals surface area contributed by atoms with E-state index in [-0.39, 0.29) is 5.91 Å². The number of methoxy groups -OCH3 is 2. The molecule has 0 aliphatic heterocycles. The average Bonchev–Trinajstić information content (AvgIpc) is 3.47. The number of carbonyl (C=O) groups is 1. The van der Waals surface area contributed by atoms with Gasteiger partial charge < -0.3 is 20.1 Å². The van der Waals surface area contributed by atoms with Gasteiger partial charge in [0.25, 0.3) is 5.91 Å². The summed E-state index contributed by atoms with van der Waals surface area (Å²) in [6, 6.07) is 10.9. The van der Waals surface area contributed by atoms with E-state index in [2.05, 4.69) is 30.8 Å². The normalized spacial score (nSPS) is 10.7. The maximum absolute atomic E-state index is 12.7. The summed E-state index contributed by atoms with van der Waals surface area (Å²) in [5.41, 5.74) is 2.69. The molecule has 3 aromatic heterocycles. The standard InChI is InChI=1S/C23H26N8O3/c1-15-7-10-31(28-15)22-13-21(26-14-27-22)24-8-9-25-23(32)19-12-18(29-30(19)2)17-11-16(33-3)5-6-20(17)34-4/h5-7,10-14H,8-9H2,1-4H3,(H,25,32)(H,24,26,27). The molecule has 0 saturated carbocycles. The summed E-state index contributed by atoms with van der Waals surface area (Å²) in [6.45, 7) is 2.79. The van der Waals surface area contributed by atoms with Gasteiger partial charge in [0.1, 0.15) is 29.3 Å². The second kappa shape index (κ2) is 10.0. The lowest BCUT2D eigenvalue weighted by atomic mass is 10.1. The highest BCUT2D eigenvalue weighted by atomic mass is 16.5. The summed E-state index contributed by atoms with van der Waals surface area (Å²) >= 11 is 0. The molecule has 2 N–H and O–H groups in total. The summed E-state index contributed by atoms with van der Waals surface area (Å²) < 4.78 is 14.0. The van der Waals surface area contributed by atoms with Gasteiger partial charge in [-0.2, -0.15) is 10.2 Å². The lowest BCUT2D eigenvalue weighted by Crippen LogP contribution is -2.30. The molecule has 0 spiro atoms. The first-order valence-corrected chi connectivity index (χ1v) is 10.6. The van der Waals surface area contributed by atoms with Crippen LogP contribution in [0.1, 0.15) is 16.2 Å². The molecule has 1 aromatic carbocycles. The minimum absolute atomic E-state index is 0.236. The van der Waals surface area contributed by atoms with Crippen molar-refractivity contribution in [2.24, 2.45) is 7.05 Å². The molecule has 0 aliphatic rings. The lowest BCUT2D eigenvalue weighted by Gasteiger charge is -2.08. The Kier molecular flexibility index (Phi) is 6.72. The molecule has 0 unspecified atom stereocenters. The Bertz CT molecular complexity index is 1300. The van der Waals surface area contributed by atoms with Crippen molar-refractivity contribution in [3.8, 4) is 28.6 Å². The van der Waals surface area contributed by atoms with Crippen LogP contribution in [0.25, 0.3) is 17.1 Å². The third-order valence-corrected chi connectivity index (χ3v) is 5.12. The molecule has 4 aromatic rings. The fourth-order valence-electron chi connectivity index (χ4n) is 3.39. The van der Waals surface area contributed by atoms with E-state index in [9.17, 15) is 4.79 Å². The Labute approximate surface area is 196 Å². The van der Waals surface area contributed by atoms with E-state index in [0.717, 1.165) is 11.3 Å². The second-order valence-electron chi connectivity index (χ2n) is 7.45. The van der Waals surface area contributed by atoms with Gasteiger partial charge in [0, 0.05) is 38.0 Å². The second-order valence-corrected chi connectivity index (χ2v) is 7.45. The molecule has 11 nitrogen and oxygen atoms in total. The van der Waals surface area contributed by atoms with Gasteiger partial charge >= 0.3 is 0 Å². The van der Waals surface area contributed by atoms with Crippen molar-refractivity contribution < 1.29 is 14.3 Å². The van der Waals surface area contributed by atoms with Gasteiger partial charge in [-0.05, 0) is 37.3 Å². The number of benzene rings is 1. The van der Waals surface area contributed by atoms with E-state index in [1.807, 2.05) is 31.3 Å². The van der Waals surface area contributed by atoms with Gasteiger partial charge in [0.15, 0.2) is 5.82 Å². The smallest absolute Gasteiger partial charge is 0.269 e. The zero-order valence-corrected chi connectivity index (χ0v) is 19.4. The number of nitrogens with zero attached hydrogens (tertiary/aromatic N) is 6. The third-order valence-electron chi connectivity index (χ3n) is 5.12. The first kappa shape index (κ1) is 22.8. The van der Waals surface area contributed by atoms with Crippen LogP contribution < -0.4 is 20.1 Å². The first-order chi connectivity index (χ1) is 16.5. The molecule has 0 bridgehead atoms. The number of amides is 1. The molecule has 3 heterocycles. The zero-order chi connectivity index (χ0) is 24.1. The highest BCUT2D eigenvalue weighted by molar-refractivity contribution is 5.94. The monoisotopic (exact) mass is 462 g/mol. The highest BCUT2D eigenvalue weighted by Crippen LogP contribution is 2.32. The molecule has 11 heteroatoms. The largest absolute Gasteiger partial charge is 0.497 e. The number of rotatable bonds is 9. The molecule has 0 aliphatic carbocycles. The van der Waals surface area contributed by atoms with Crippen LogP contribution in [0.2, 0.25) is 0 Å². The van der Waals surface area contributed by atoms with E-state index < -0.39 is 0 Å². The van der Waals surface area contributed by atoms with Crippen molar-refractivity contribution in [1.82, 2.24) is 34.8 Å². The number of hydrogen-bond donors (Lipinski definition) is 2. The molecule has 34 heavy (non-hydrogen) atoms. The predicted octanol–water partition coefficient (Wildman–Crippen LogP) is 2.23. The maximum Gasteiger partial charge on any atom is 0.269 e. The number of carbonyl (C=O) groups excluding carboxylic acids is 1. The van der Waals surface area contributed by atoms with Gasteiger partial charge in [-0.25, -0.2) is 14.6 Å².